The number of allylic oxidation sites excluding steroid dienone is 1. The maximum absolute atomic E-state index is 17.6. The fraction of sp³-hybridized carbons (Fsp3) is 0.686. The third kappa shape index (κ3) is 10.1. The van der Waals surface area contributed by atoms with Crippen LogP contribution in [0.1, 0.15) is 89.5 Å². The van der Waals surface area contributed by atoms with Gasteiger partial charge in [-0.2, -0.15) is 5.09 Å². The minimum atomic E-state index is -4.44. The molecule has 1 aromatic rings. The summed E-state index contributed by atoms with van der Waals surface area (Å²) in [6, 6.07) is 7.01. The molecule has 3 rings (SSSR count). The van der Waals surface area contributed by atoms with Gasteiger partial charge in [-0.3, -0.25) is 23.8 Å². The van der Waals surface area contributed by atoms with E-state index in [0.29, 0.717) is 0 Å². The van der Waals surface area contributed by atoms with E-state index in [2.05, 4.69) is 5.09 Å². The van der Waals surface area contributed by atoms with Crippen molar-refractivity contribution >= 4 is 42.5 Å². The van der Waals surface area contributed by atoms with Gasteiger partial charge in [0.1, 0.15) is 24.0 Å². The maximum Gasteiger partial charge on any atom is 0.459 e. The molecule has 52 heavy (non-hydrogen) atoms. The van der Waals surface area contributed by atoms with Gasteiger partial charge in [0.05, 0.1) is 19.1 Å². The lowest BCUT2D eigenvalue weighted by Gasteiger charge is -2.48. The number of para-hydroxylation sites is 1. The van der Waals surface area contributed by atoms with E-state index in [-0.39, 0.29) is 27.9 Å². The largest absolute Gasteiger partial charge is 0.462 e. The lowest BCUT2D eigenvalue weighted by atomic mass is 9.97. The molecule has 0 unspecified atom stereocenters. The second-order valence-corrected chi connectivity index (χ2v) is 25.5. The van der Waals surface area contributed by atoms with Crippen molar-refractivity contribution in [3.63, 3.8) is 0 Å². The molecule has 2 heterocycles. The van der Waals surface area contributed by atoms with E-state index in [1.807, 2.05) is 55.4 Å². The molecule has 0 radical (unpaired) electrons. The second-order valence-electron chi connectivity index (χ2n) is 15.2. The zero-order valence-electron chi connectivity index (χ0n) is 32.5. The number of nitrogens with one attached hydrogen (secondary N) is 1. The first-order valence-electron chi connectivity index (χ1n) is 17.9. The van der Waals surface area contributed by atoms with Gasteiger partial charge in [-0.05, 0) is 68.1 Å². The number of amides is 1. The summed E-state index contributed by atoms with van der Waals surface area (Å²) < 4.78 is 69.1. The number of esters is 1. The summed E-state index contributed by atoms with van der Waals surface area (Å²) in [5.74, 6) is -1.65. The van der Waals surface area contributed by atoms with Crippen LogP contribution in [0, 0.1) is 0 Å². The second kappa shape index (κ2) is 17.5. The number of hydrogen-bond donors (Lipinski definition) is 2. The van der Waals surface area contributed by atoms with Gasteiger partial charge >= 0.3 is 30.8 Å². The van der Waals surface area contributed by atoms with Gasteiger partial charge in [0.15, 0.2) is 17.7 Å². The number of halogens is 1. The van der Waals surface area contributed by atoms with Crippen molar-refractivity contribution < 1.29 is 55.2 Å². The van der Waals surface area contributed by atoms with Crippen LogP contribution < -0.4 is 9.61 Å². The number of benzene rings is 1. The van der Waals surface area contributed by atoms with Crippen molar-refractivity contribution in [2.75, 3.05) is 6.61 Å². The van der Waals surface area contributed by atoms with Crippen LogP contribution in [0.4, 0.5) is 4.39 Å². The quantitative estimate of drug-likeness (QED) is 0.0694. The first-order valence-corrected chi connectivity index (χ1v) is 23.5. The molecular weight excluding hydrogens is 731 g/mol. The highest BCUT2D eigenvalue weighted by atomic mass is 31.2. The van der Waals surface area contributed by atoms with Gasteiger partial charge < -0.3 is 27.3 Å². The summed E-state index contributed by atoms with van der Waals surface area (Å²) >= 11 is 0. The summed E-state index contributed by atoms with van der Waals surface area (Å²) in [5.41, 5.74) is -3.49. The molecule has 294 valence electrons. The van der Waals surface area contributed by atoms with E-state index >= 15 is 4.39 Å². The zero-order chi connectivity index (χ0) is 39.4. The van der Waals surface area contributed by atoms with Gasteiger partial charge in [0.25, 0.3) is 0 Å². The van der Waals surface area contributed by atoms with E-state index in [9.17, 15) is 23.7 Å². The van der Waals surface area contributed by atoms with E-state index in [1.165, 1.54) is 26.1 Å². The van der Waals surface area contributed by atoms with Crippen molar-refractivity contribution in [1.82, 2.24) is 9.99 Å². The average molecular weight is 789 g/mol. The SMILES string of the molecule is CC(C)OC(=O)[C@H](C)N[P@](=O)(OC[C@H]1O[C@@H](N2C=CC(=O)CC2=O)[C@](C)(F)[C@@H]1O[Si](O[Si](O)(C(C)C)C(C)C)(C(C)C)C(C)C)Oc1ccccc1. The molecule has 0 aromatic heterocycles. The molecule has 2 N–H and O–H groups in total. The first-order chi connectivity index (χ1) is 24.0. The highest BCUT2D eigenvalue weighted by molar-refractivity contribution is 7.52. The Hall–Kier alpha value is -2.28. The van der Waals surface area contributed by atoms with Crippen molar-refractivity contribution in [2.24, 2.45) is 0 Å². The van der Waals surface area contributed by atoms with E-state index in [0.717, 1.165) is 4.90 Å². The lowest BCUT2D eigenvalue weighted by Crippen LogP contribution is -2.63. The molecule has 17 heteroatoms. The number of ketones is 1. The van der Waals surface area contributed by atoms with Crippen LogP contribution in [-0.2, 0) is 41.5 Å². The first kappa shape index (κ1) is 44.1. The summed E-state index contributed by atoms with van der Waals surface area (Å²) in [6.07, 6.45) is -2.97. The fourth-order valence-electron chi connectivity index (χ4n) is 6.34. The Balaban J connectivity index is 2.11. The van der Waals surface area contributed by atoms with Crippen LogP contribution >= 0.6 is 7.75 Å². The average Bonchev–Trinajstić information content (AvgIpc) is 3.27. The monoisotopic (exact) mass is 788 g/mol. The number of rotatable bonds is 18. The van der Waals surface area contributed by atoms with Crippen LogP contribution in [-0.4, -0.2) is 87.3 Å². The molecule has 0 aliphatic carbocycles. The van der Waals surface area contributed by atoms with Gasteiger partial charge in [0, 0.05) is 6.20 Å². The minimum Gasteiger partial charge on any atom is -0.462 e. The van der Waals surface area contributed by atoms with Gasteiger partial charge in [-0.1, -0.05) is 73.6 Å². The molecular formula is C35H58FN2O11PSi2. The summed E-state index contributed by atoms with van der Waals surface area (Å²) in [7, 11) is -11.6. The predicted octanol–water partition coefficient (Wildman–Crippen LogP) is 6.81. The Morgan fingerprint density at radius 2 is 1.60 bits per heavy atom. The van der Waals surface area contributed by atoms with Gasteiger partial charge in [-0.15, -0.1) is 0 Å². The molecule has 1 saturated heterocycles. The van der Waals surface area contributed by atoms with Crippen molar-refractivity contribution in [1.29, 1.82) is 0 Å². The third-order valence-electron chi connectivity index (χ3n) is 9.30. The highest BCUT2D eigenvalue weighted by Crippen LogP contribution is 2.50. The van der Waals surface area contributed by atoms with E-state index in [4.69, 9.17) is 27.1 Å². The maximum atomic E-state index is 17.6. The Kier molecular flexibility index (Phi) is 14.8. The number of nitrogens with zero attached hydrogens (tertiary/aromatic N) is 1. The molecule has 13 nitrogen and oxygen atoms in total. The van der Waals surface area contributed by atoms with Crippen LogP contribution in [0.3, 0.4) is 0 Å². The zero-order valence-corrected chi connectivity index (χ0v) is 35.3. The molecule has 2 aliphatic heterocycles. The normalized spacial score (nSPS) is 24.8. The third-order valence-corrected chi connectivity index (χ3v) is 20.7. The Bertz CT molecular complexity index is 1460. The number of hydrogen-bond acceptors (Lipinski definition) is 11. The molecule has 0 spiro atoms. The molecule has 1 amide bonds. The van der Waals surface area contributed by atoms with Gasteiger partial charge in [0.2, 0.25) is 5.91 Å². The molecule has 1 aromatic carbocycles. The van der Waals surface area contributed by atoms with Crippen LogP contribution in [0.5, 0.6) is 5.75 Å². The molecule has 0 bridgehead atoms. The van der Waals surface area contributed by atoms with Crippen LogP contribution in [0.15, 0.2) is 42.6 Å². The van der Waals surface area contributed by atoms with E-state index in [1.54, 1.807) is 44.2 Å². The van der Waals surface area contributed by atoms with Gasteiger partial charge in [-0.25, -0.2) is 8.96 Å². The fourth-order valence-corrected chi connectivity index (χ4v) is 17.8. The van der Waals surface area contributed by atoms with E-state index < -0.39 is 91.8 Å². The smallest absolute Gasteiger partial charge is 0.459 e. The van der Waals surface area contributed by atoms with Crippen LogP contribution in [0.2, 0.25) is 22.2 Å². The highest BCUT2D eigenvalue weighted by Gasteiger charge is 2.64. The minimum absolute atomic E-state index is 0.163. The van der Waals surface area contributed by atoms with Crippen molar-refractivity contribution in [2.45, 2.75) is 148 Å². The number of carbonyl (C=O) groups excluding carboxylic acids is 3. The number of ether oxygens (including phenoxy) is 2. The van der Waals surface area contributed by atoms with Crippen molar-refractivity contribution in [3.05, 3.63) is 42.6 Å². The lowest BCUT2D eigenvalue weighted by molar-refractivity contribution is -0.150. The number of alkyl halides is 1. The summed E-state index contributed by atoms with van der Waals surface area (Å²) in [5, 5.41) is 2.62. The Labute approximate surface area is 310 Å². The standard InChI is InChI=1S/C35H58FN2O11PSi2/c1-22(2)45-33(41)27(11)37-50(42,47-29-16-14-13-15-17-29)44-21-30-32(35(12,36)34(46-30)38-19-18-28(39)20-31(38)40)48-52(25(7)8,26(9)10)49-51(43,23(3)4)24(5)6/h13-19,22-27,30,32,34,43H,20-21H2,1-12H3,(H,37,42)/t27-,30+,32+,34+,35+,50-/m0/s1. The predicted molar refractivity (Wildman–Crippen MR) is 198 cm³/mol. The Morgan fingerprint density at radius 3 is 2.10 bits per heavy atom. The topological polar surface area (TPSA) is 159 Å². The Morgan fingerprint density at radius 1 is 1.02 bits per heavy atom. The summed E-state index contributed by atoms with van der Waals surface area (Å²) in [6.45, 7) is 20.6. The van der Waals surface area contributed by atoms with Crippen LogP contribution in [0.25, 0.3) is 0 Å². The van der Waals surface area contributed by atoms with Crippen molar-refractivity contribution in [3.8, 4) is 5.75 Å². The molecule has 1 fully saturated rings. The molecule has 6 atom stereocenters. The molecule has 0 saturated carbocycles. The number of carbonyl (C=O) groups is 3. The molecule has 2 aliphatic rings. The summed E-state index contributed by atoms with van der Waals surface area (Å²) in [4.78, 5) is 50.9.